The first-order valence-electron chi connectivity index (χ1n) is 12.9. The Kier molecular flexibility index (Phi) is 8.97. The van der Waals surface area contributed by atoms with Crippen LogP contribution in [0.1, 0.15) is 81.8 Å². The van der Waals surface area contributed by atoms with Gasteiger partial charge in [0.25, 0.3) is 0 Å². The number of anilines is 2. The number of nitrogens with zero attached hydrogens (tertiary/aromatic N) is 2. The van der Waals surface area contributed by atoms with E-state index in [1.54, 1.807) is 12.1 Å². The van der Waals surface area contributed by atoms with Crippen molar-refractivity contribution in [2.75, 3.05) is 23.8 Å². The van der Waals surface area contributed by atoms with Crippen molar-refractivity contribution in [2.45, 2.75) is 77.2 Å². The SMILES string of the molecule is CCOC(=O)C1CCC(Oc2ccc(NC(=O)c3nnc(NCCC4CCCCC4)o3)cc2)CC1. The third-order valence-corrected chi connectivity index (χ3v) is 6.88. The minimum Gasteiger partial charge on any atom is -0.490 e. The Morgan fingerprint density at radius 3 is 2.46 bits per heavy atom. The van der Waals surface area contributed by atoms with Crippen LogP contribution in [0.25, 0.3) is 0 Å². The minimum absolute atomic E-state index is 0.0234. The summed E-state index contributed by atoms with van der Waals surface area (Å²) in [7, 11) is 0. The summed E-state index contributed by atoms with van der Waals surface area (Å²) in [4.78, 5) is 24.4. The van der Waals surface area contributed by atoms with Gasteiger partial charge < -0.3 is 24.5 Å². The zero-order chi connectivity index (χ0) is 24.5. The highest BCUT2D eigenvalue weighted by molar-refractivity contribution is 6.00. The Morgan fingerprint density at radius 1 is 1.00 bits per heavy atom. The number of carbonyl (C=O) groups is 2. The maximum Gasteiger partial charge on any atom is 0.315 e. The second kappa shape index (κ2) is 12.6. The van der Waals surface area contributed by atoms with Gasteiger partial charge in [0, 0.05) is 12.2 Å². The van der Waals surface area contributed by atoms with E-state index in [0.717, 1.165) is 50.3 Å². The van der Waals surface area contributed by atoms with Crippen LogP contribution in [0.5, 0.6) is 5.75 Å². The summed E-state index contributed by atoms with van der Waals surface area (Å²) in [5, 5.41) is 13.7. The van der Waals surface area contributed by atoms with E-state index in [1.165, 1.54) is 32.1 Å². The van der Waals surface area contributed by atoms with Gasteiger partial charge in [-0.15, -0.1) is 5.10 Å². The van der Waals surface area contributed by atoms with Crippen LogP contribution in [0.3, 0.4) is 0 Å². The molecular weight excluding hydrogens is 448 g/mol. The fraction of sp³-hybridized carbons (Fsp3) is 0.615. The molecule has 35 heavy (non-hydrogen) atoms. The number of hydrogen-bond acceptors (Lipinski definition) is 8. The largest absolute Gasteiger partial charge is 0.490 e. The monoisotopic (exact) mass is 484 g/mol. The minimum atomic E-state index is -0.455. The maximum absolute atomic E-state index is 12.5. The first kappa shape index (κ1) is 25.0. The number of esters is 1. The number of benzene rings is 1. The molecule has 2 aliphatic rings. The molecule has 2 N–H and O–H groups in total. The van der Waals surface area contributed by atoms with E-state index in [2.05, 4.69) is 20.8 Å². The fourth-order valence-electron chi connectivity index (χ4n) is 4.92. The van der Waals surface area contributed by atoms with Crippen LogP contribution < -0.4 is 15.4 Å². The van der Waals surface area contributed by atoms with Crippen molar-refractivity contribution in [3.63, 3.8) is 0 Å². The summed E-state index contributed by atoms with van der Waals surface area (Å²) in [6.45, 7) is 3.01. The Hall–Kier alpha value is -3.10. The molecule has 0 radical (unpaired) electrons. The van der Waals surface area contributed by atoms with Gasteiger partial charge in [-0.05, 0) is 69.2 Å². The summed E-state index contributed by atoms with van der Waals surface area (Å²) >= 11 is 0. The zero-order valence-electron chi connectivity index (χ0n) is 20.5. The van der Waals surface area contributed by atoms with E-state index in [-0.39, 0.29) is 29.9 Å². The highest BCUT2D eigenvalue weighted by atomic mass is 16.5. The summed E-state index contributed by atoms with van der Waals surface area (Å²) in [5.74, 6) is 0.824. The Labute approximate surface area is 206 Å². The topological polar surface area (TPSA) is 116 Å². The molecule has 2 aromatic rings. The second-order valence-electron chi connectivity index (χ2n) is 9.45. The quantitative estimate of drug-likeness (QED) is 0.442. The van der Waals surface area contributed by atoms with E-state index in [0.29, 0.717) is 12.3 Å². The number of aromatic nitrogens is 2. The molecular formula is C26H36N4O5. The molecule has 2 saturated carbocycles. The summed E-state index contributed by atoms with van der Waals surface area (Å²) in [5.41, 5.74) is 0.610. The summed E-state index contributed by atoms with van der Waals surface area (Å²) < 4.78 is 16.6. The molecule has 1 aromatic heterocycles. The summed E-state index contributed by atoms with van der Waals surface area (Å²) in [6.07, 6.45) is 10.9. The lowest BCUT2D eigenvalue weighted by Gasteiger charge is -2.27. The van der Waals surface area contributed by atoms with Gasteiger partial charge in [-0.2, -0.15) is 0 Å². The van der Waals surface area contributed by atoms with Crippen molar-refractivity contribution in [2.24, 2.45) is 11.8 Å². The Balaban J connectivity index is 1.19. The lowest BCUT2D eigenvalue weighted by atomic mass is 9.87. The first-order chi connectivity index (χ1) is 17.1. The molecule has 0 bridgehead atoms. The standard InChI is InChI=1S/C26H36N4O5/c1-2-33-25(32)19-8-12-21(13-9-19)34-22-14-10-20(11-15-22)28-23(31)24-29-30-26(35-24)27-17-16-18-6-4-3-5-7-18/h10-11,14-15,18-19,21H,2-9,12-13,16-17H2,1H3,(H,27,30)(H,28,31). The smallest absolute Gasteiger partial charge is 0.315 e. The van der Waals surface area contributed by atoms with Crippen LogP contribution in [0.4, 0.5) is 11.7 Å². The van der Waals surface area contributed by atoms with E-state index in [4.69, 9.17) is 13.9 Å². The number of carbonyl (C=O) groups excluding carboxylic acids is 2. The zero-order valence-corrected chi connectivity index (χ0v) is 20.5. The van der Waals surface area contributed by atoms with Crippen molar-refractivity contribution in [1.29, 1.82) is 0 Å². The predicted molar refractivity (Wildman–Crippen MR) is 131 cm³/mol. The van der Waals surface area contributed by atoms with Crippen LogP contribution in [0, 0.1) is 11.8 Å². The second-order valence-corrected chi connectivity index (χ2v) is 9.45. The van der Waals surface area contributed by atoms with Gasteiger partial charge in [0.15, 0.2) is 0 Å². The first-order valence-corrected chi connectivity index (χ1v) is 12.9. The molecule has 190 valence electrons. The van der Waals surface area contributed by atoms with Crippen molar-refractivity contribution in [1.82, 2.24) is 10.2 Å². The maximum atomic E-state index is 12.5. The summed E-state index contributed by atoms with van der Waals surface area (Å²) in [6, 6.07) is 7.46. The number of ether oxygens (including phenoxy) is 2. The number of rotatable bonds is 10. The van der Waals surface area contributed by atoms with Crippen molar-refractivity contribution < 1.29 is 23.5 Å². The molecule has 0 saturated heterocycles. The molecule has 2 fully saturated rings. The van der Waals surface area contributed by atoms with Crippen LogP contribution in [-0.4, -0.2) is 41.3 Å². The van der Waals surface area contributed by atoms with Crippen LogP contribution in [0.2, 0.25) is 0 Å². The van der Waals surface area contributed by atoms with Crippen LogP contribution in [-0.2, 0) is 9.53 Å². The Bertz CT molecular complexity index is 947. The van der Waals surface area contributed by atoms with Crippen molar-refractivity contribution in [3.05, 3.63) is 30.2 Å². The van der Waals surface area contributed by atoms with E-state index in [9.17, 15) is 9.59 Å². The normalized spacial score (nSPS) is 20.7. The third kappa shape index (κ3) is 7.44. The van der Waals surface area contributed by atoms with Gasteiger partial charge in [0.1, 0.15) is 5.75 Å². The van der Waals surface area contributed by atoms with Crippen molar-refractivity contribution in [3.8, 4) is 5.75 Å². The van der Waals surface area contributed by atoms with Crippen LogP contribution in [0.15, 0.2) is 28.7 Å². The van der Waals surface area contributed by atoms with E-state index in [1.807, 2.05) is 19.1 Å². The average molecular weight is 485 g/mol. The molecule has 1 heterocycles. The predicted octanol–water partition coefficient (Wildman–Crippen LogP) is 5.20. The fourth-order valence-corrected chi connectivity index (χ4v) is 4.92. The highest BCUT2D eigenvalue weighted by Gasteiger charge is 2.28. The van der Waals surface area contributed by atoms with Gasteiger partial charge in [-0.3, -0.25) is 9.59 Å². The molecule has 0 atom stereocenters. The number of hydrogen-bond donors (Lipinski definition) is 2. The molecule has 0 unspecified atom stereocenters. The molecule has 1 aromatic carbocycles. The van der Waals surface area contributed by atoms with E-state index >= 15 is 0 Å². The molecule has 2 aliphatic carbocycles. The average Bonchev–Trinajstić information content (AvgIpc) is 3.36. The lowest BCUT2D eigenvalue weighted by Crippen LogP contribution is -2.29. The Morgan fingerprint density at radius 2 is 1.74 bits per heavy atom. The number of amides is 1. The number of nitrogens with one attached hydrogen (secondary N) is 2. The van der Waals surface area contributed by atoms with Crippen molar-refractivity contribution >= 4 is 23.6 Å². The van der Waals surface area contributed by atoms with Gasteiger partial charge >= 0.3 is 23.8 Å². The molecule has 4 rings (SSSR count). The van der Waals surface area contributed by atoms with Gasteiger partial charge in [-0.25, -0.2) is 0 Å². The molecule has 1 amide bonds. The van der Waals surface area contributed by atoms with Gasteiger partial charge in [0.2, 0.25) is 0 Å². The van der Waals surface area contributed by atoms with Gasteiger partial charge in [-0.1, -0.05) is 37.2 Å². The van der Waals surface area contributed by atoms with E-state index < -0.39 is 5.91 Å². The molecule has 9 heteroatoms. The highest BCUT2D eigenvalue weighted by Crippen LogP contribution is 2.29. The van der Waals surface area contributed by atoms with Gasteiger partial charge in [0.05, 0.1) is 18.6 Å². The van der Waals surface area contributed by atoms with Crippen LogP contribution >= 0.6 is 0 Å². The molecule has 0 aliphatic heterocycles. The lowest BCUT2D eigenvalue weighted by molar-refractivity contribution is -0.149. The molecule has 0 spiro atoms. The third-order valence-electron chi connectivity index (χ3n) is 6.88. The molecule has 9 nitrogen and oxygen atoms in total.